The second kappa shape index (κ2) is 7.98. The van der Waals surface area contributed by atoms with Gasteiger partial charge >= 0.3 is 0 Å². The maximum absolute atomic E-state index is 13.1. The van der Waals surface area contributed by atoms with Gasteiger partial charge in [-0.15, -0.1) is 0 Å². The minimum absolute atomic E-state index is 0.0924. The van der Waals surface area contributed by atoms with E-state index in [9.17, 15) is 4.79 Å². The molecule has 136 valence electrons. The Labute approximate surface area is 154 Å². The predicted molar refractivity (Wildman–Crippen MR) is 100 cm³/mol. The van der Waals surface area contributed by atoms with Crippen LogP contribution < -0.4 is 0 Å². The van der Waals surface area contributed by atoms with Crippen LogP contribution in [0.4, 0.5) is 0 Å². The molecule has 3 heterocycles. The monoisotopic (exact) mass is 351 g/mol. The third-order valence-electron chi connectivity index (χ3n) is 5.48. The summed E-state index contributed by atoms with van der Waals surface area (Å²) in [4.78, 5) is 21.8. The van der Waals surface area contributed by atoms with Crippen molar-refractivity contribution in [2.24, 2.45) is 0 Å². The van der Waals surface area contributed by atoms with Gasteiger partial charge in [0.25, 0.3) is 5.91 Å². The van der Waals surface area contributed by atoms with Gasteiger partial charge in [-0.05, 0) is 30.5 Å². The fourth-order valence-electron chi connectivity index (χ4n) is 4.18. The lowest BCUT2D eigenvalue weighted by atomic mass is 9.98. The molecule has 4 rings (SSSR count). The lowest BCUT2D eigenvalue weighted by Gasteiger charge is -2.37. The molecular weight excluding hydrogens is 326 g/mol. The van der Waals surface area contributed by atoms with E-state index in [4.69, 9.17) is 4.74 Å². The van der Waals surface area contributed by atoms with Crippen molar-refractivity contribution in [3.05, 3.63) is 66.0 Å². The number of benzene rings is 1. The number of carbonyl (C=O) groups is 1. The first-order valence-electron chi connectivity index (χ1n) is 9.39. The van der Waals surface area contributed by atoms with E-state index in [1.165, 1.54) is 5.56 Å². The summed E-state index contributed by atoms with van der Waals surface area (Å²) in [7, 11) is 0. The minimum atomic E-state index is 0.0924. The maximum Gasteiger partial charge on any atom is 0.255 e. The number of nitrogens with zero attached hydrogens (tertiary/aromatic N) is 3. The summed E-state index contributed by atoms with van der Waals surface area (Å²) in [5.41, 5.74) is 1.95. The molecule has 0 saturated carbocycles. The minimum Gasteiger partial charge on any atom is -0.379 e. The fourth-order valence-corrected chi connectivity index (χ4v) is 4.18. The Bertz CT molecular complexity index is 717. The molecule has 0 aliphatic carbocycles. The number of likely N-dealkylation sites (tertiary alicyclic amines) is 1. The largest absolute Gasteiger partial charge is 0.379 e. The van der Waals surface area contributed by atoms with Gasteiger partial charge in [0.1, 0.15) is 0 Å². The van der Waals surface area contributed by atoms with Crippen LogP contribution in [0.1, 0.15) is 22.3 Å². The van der Waals surface area contributed by atoms with Crippen molar-refractivity contribution in [1.29, 1.82) is 0 Å². The highest BCUT2D eigenvalue weighted by Gasteiger charge is 2.40. The molecule has 1 amide bonds. The first-order chi connectivity index (χ1) is 12.8. The number of morpholine rings is 1. The van der Waals surface area contributed by atoms with Crippen LogP contribution in [-0.4, -0.2) is 65.6 Å². The zero-order valence-electron chi connectivity index (χ0n) is 15.0. The van der Waals surface area contributed by atoms with Crippen LogP contribution in [0.3, 0.4) is 0 Å². The Hall–Kier alpha value is -2.24. The van der Waals surface area contributed by atoms with Gasteiger partial charge in [-0.3, -0.25) is 14.7 Å². The van der Waals surface area contributed by atoms with Gasteiger partial charge in [0.2, 0.25) is 0 Å². The zero-order chi connectivity index (χ0) is 17.8. The summed E-state index contributed by atoms with van der Waals surface area (Å²) < 4.78 is 5.53. The van der Waals surface area contributed by atoms with Crippen LogP contribution in [0.15, 0.2) is 54.9 Å². The molecule has 2 atom stereocenters. The van der Waals surface area contributed by atoms with Crippen molar-refractivity contribution in [2.75, 3.05) is 32.8 Å². The number of aromatic nitrogens is 1. The summed E-state index contributed by atoms with van der Waals surface area (Å²) in [6, 6.07) is 14.7. The van der Waals surface area contributed by atoms with Crippen molar-refractivity contribution in [2.45, 2.75) is 24.9 Å². The fraction of sp³-hybridized carbons (Fsp3) is 0.429. The Balaban J connectivity index is 1.58. The van der Waals surface area contributed by atoms with E-state index in [2.05, 4.69) is 39.0 Å². The Morgan fingerprint density at radius 1 is 1.08 bits per heavy atom. The summed E-state index contributed by atoms with van der Waals surface area (Å²) in [5.74, 6) is 0.0924. The topological polar surface area (TPSA) is 45.7 Å². The van der Waals surface area contributed by atoms with E-state index in [-0.39, 0.29) is 11.9 Å². The predicted octanol–water partition coefficient (Wildman–Crippen LogP) is 2.24. The van der Waals surface area contributed by atoms with E-state index in [0.717, 1.165) is 45.7 Å². The number of ether oxygens (including phenoxy) is 1. The number of carbonyl (C=O) groups excluding carboxylic acids is 1. The summed E-state index contributed by atoms with van der Waals surface area (Å²) >= 11 is 0. The van der Waals surface area contributed by atoms with E-state index < -0.39 is 0 Å². The van der Waals surface area contributed by atoms with Crippen LogP contribution in [0.2, 0.25) is 0 Å². The van der Waals surface area contributed by atoms with Crippen LogP contribution in [-0.2, 0) is 11.2 Å². The summed E-state index contributed by atoms with van der Waals surface area (Å²) in [5, 5.41) is 0. The smallest absolute Gasteiger partial charge is 0.255 e. The third-order valence-corrected chi connectivity index (χ3v) is 5.48. The van der Waals surface area contributed by atoms with E-state index in [1.54, 1.807) is 12.4 Å². The van der Waals surface area contributed by atoms with Gasteiger partial charge in [0.15, 0.2) is 0 Å². The molecule has 2 aliphatic rings. The molecule has 0 bridgehead atoms. The molecule has 5 heteroatoms. The van der Waals surface area contributed by atoms with Crippen molar-refractivity contribution in [1.82, 2.24) is 14.8 Å². The molecule has 0 radical (unpaired) electrons. The van der Waals surface area contributed by atoms with E-state index >= 15 is 0 Å². The summed E-state index contributed by atoms with van der Waals surface area (Å²) in [6.45, 7) is 4.26. The van der Waals surface area contributed by atoms with Gasteiger partial charge in [0.05, 0.1) is 24.8 Å². The summed E-state index contributed by atoms with van der Waals surface area (Å²) in [6.07, 6.45) is 5.28. The number of hydrogen-bond acceptors (Lipinski definition) is 4. The Morgan fingerprint density at radius 2 is 1.88 bits per heavy atom. The second-order valence-electron chi connectivity index (χ2n) is 7.00. The van der Waals surface area contributed by atoms with Gasteiger partial charge in [-0.25, -0.2) is 0 Å². The SMILES string of the molecule is O=C(c1cccnc1)N1CC[C@H](N2CCOCC2)[C@H]1Cc1ccccc1. The first-order valence-corrected chi connectivity index (χ1v) is 9.39. The molecular formula is C21H25N3O2. The first kappa shape index (κ1) is 17.2. The second-order valence-corrected chi connectivity index (χ2v) is 7.00. The van der Waals surface area contributed by atoms with E-state index in [0.29, 0.717) is 11.6 Å². The van der Waals surface area contributed by atoms with Crippen LogP contribution in [0.5, 0.6) is 0 Å². The number of pyridine rings is 1. The van der Waals surface area contributed by atoms with Gasteiger partial charge in [-0.2, -0.15) is 0 Å². The van der Waals surface area contributed by atoms with E-state index in [1.807, 2.05) is 18.2 Å². The van der Waals surface area contributed by atoms with Gasteiger partial charge in [-0.1, -0.05) is 30.3 Å². The van der Waals surface area contributed by atoms with Crippen LogP contribution in [0.25, 0.3) is 0 Å². The van der Waals surface area contributed by atoms with Gasteiger partial charge < -0.3 is 9.64 Å². The Morgan fingerprint density at radius 3 is 2.62 bits per heavy atom. The van der Waals surface area contributed by atoms with Crippen molar-refractivity contribution < 1.29 is 9.53 Å². The normalized spacial score (nSPS) is 23.9. The molecule has 2 fully saturated rings. The zero-order valence-corrected chi connectivity index (χ0v) is 15.0. The maximum atomic E-state index is 13.1. The molecule has 0 unspecified atom stereocenters. The molecule has 5 nitrogen and oxygen atoms in total. The highest BCUT2D eigenvalue weighted by molar-refractivity contribution is 5.94. The number of hydrogen-bond donors (Lipinski definition) is 0. The quantitative estimate of drug-likeness (QED) is 0.848. The Kier molecular flexibility index (Phi) is 5.27. The molecule has 1 aromatic carbocycles. The lowest BCUT2D eigenvalue weighted by Crippen LogP contribution is -2.51. The molecule has 2 aromatic rings. The number of rotatable bonds is 4. The molecule has 26 heavy (non-hydrogen) atoms. The molecule has 1 aromatic heterocycles. The van der Waals surface area contributed by atoms with Crippen molar-refractivity contribution >= 4 is 5.91 Å². The van der Waals surface area contributed by atoms with Gasteiger partial charge in [0, 0.05) is 38.1 Å². The molecule has 0 spiro atoms. The third kappa shape index (κ3) is 3.64. The molecule has 2 saturated heterocycles. The van der Waals surface area contributed by atoms with Crippen molar-refractivity contribution in [3.63, 3.8) is 0 Å². The van der Waals surface area contributed by atoms with Crippen molar-refractivity contribution in [3.8, 4) is 0 Å². The average Bonchev–Trinajstić information content (AvgIpc) is 3.13. The molecule has 2 aliphatic heterocycles. The highest BCUT2D eigenvalue weighted by atomic mass is 16.5. The van der Waals surface area contributed by atoms with Crippen LogP contribution >= 0.6 is 0 Å². The molecule has 0 N–H and O–H groups in total. The standard InChI is InChI=1S/C21H25N3O2/c25-21(18-7-4-9-22-16-18)24-10-8-19(23-11-13-26-14-12-23)20(24)15-17-5-2-1-3-6-17/h1-7,9,16,19-20H,8,10-15H2/t19-,20+/m0/s1. The highest BCUT2D eigenvalue weighted by Crippen LogP contribution is 2.28. The number of amides is 1. The lowest BCUT2D eigenvalue weighted by molar-refractivity contribution is 0.00864. The average molecular weight is 351 g/mol. The van der Waals surface area contributed by atoms with Crippen LogP contribution in [0, 0.1) is 0 Å².